The van der Waals surface area contributed by atoms with E-state index in [0.29, 0.717) is 6.61 Å². The monoisotopic (exact) mass is 404 g/mol. The molecule has 2 heteroatoms. The van der Waals surface area contributed by atoms with Crippen LogP contribution in [0.25, 0.3) is 32.7 Å². The molecule has 0 spiro atoms. The Labute approximate surface area is 182 Å². The summed E-state index contributed by atoms with van der Waals surface area (Å²) in [6, 6.07) is 30.9. The van der Waals surface area contributed by atoms with Gasteiger partial charge in [0, 0.05) is 0 Å². The maximum Gasteiger partial charge on any atom is 0.121 e. The second kappa shape index (κ2) is 7.81. The van der Waals surface area contributed by atoms with Crippen LogP contribution in [0.2, 0.25) is 0 Å². The molecule has 0 aromatic heterocycles. The lowest BCUT2D eigenvalue weighted by atomic mass is 9.91. The summed E-state index contributed by atoms with van der Waals surface area (Å²) in [4.78, 5) is 0. The number of rotatable bonds is 4. The lowest BCUT2D eigenvalue weighted by molar-refractivity contribution is 0.307. The van der Waals surface area contributed by atoms with Gasteiger partial charge in [-0.25, -0.2) is 0 Å². The van der Waals surface area contributed by atoms with Crippen molar-refractivity contribution in [3.8, 4) is 22.6 Å². The fourth-order valence-electron chi connectivity index (χ4n) is 4.21. The Bertz CT molecular complexity index is 1400. The lowest BCUT2D eigenvalue weighted by Gasteiger charge is -2.15. The van der Waals surface area contributed by atoms with Crippen molar-refractivity contribution in [1.29, 1.82) is 0 Å². The molecule has 0 fully saturated rings. The smallest absolute Gasteiger partial charge is 0.121 e. The second-order valence-electron chi connectivity index (χ2n) is 8.19. The summed E-state index contributed by atoms with van der Waals surface area (Å²) < 4.78 is 6.21. The second-order valence-corrected chi connectivity index (χ2v) is 8.19. The van der Waals surface area contributed by atoms with Gasteiger partial charge in [0.25, 0.3) is 0 Å². The summed E-state index contributed by atoms with van der Waals surface area (Å²) in [5.74, 6) is 1.11. The van der Waals surface area contributed by atoms with Gasteiger partial charge in [-0.2, -0.15) is 0 Å². The Morgan fingerprint density at radius 3 is 2.19 bits per heavy atom. The minimum absolute atomic E-state index is 0.273. The first-order valence-corrected chi connectivity index (χ1v) is 10.5. The van der Waals surface area contributed by atoms with Gasteiger partial charge in [-0.15, -0.1) is 0 Å². The summed E-state index contributed by atoms with van der Waals surface area (Å²) in [5, 5.41) is 14.6. The SMILES string of the molecule is Cc1cc(-c2cc(OCc3ccccc3)cc3ccc(C)cc23)c2cc(O)ccc2c1. The van der Waals surface area contributed by atoms with E-state index in [4.69, 9.17) is 4.74 Å². The number of hydrogen-bond acceptors (Lipinski definition) is 2. The van der Waals surface area contributed by atoms with E-state index in [0.717, 1.165) is 38.6 Å². The van der Waals surface area contributed by atoms with Crippen LogP contribution in [0.5, 0.6) is 11.5 Å². The fraction of sp³-hybridized carbons (Fsp3) is 0.103. The van der Waals surface area contributed by atoms with Gasteiger partial charge in [0.2, 0.25) is 0 Å². The van der Waals surface area contributed by atoms with Gasteiger partial charge >= 0.3 is 0 Å². The molecule has 0 bridgehead atoms. The van der Waals surface area contributed by atoms with Gasteiger partial charge in [-0.05, 0) is 81.9 Å². The molecule has 0 heterocycles. The van der Waals surface area contributed by atoms with Gasteiger partial charge in [0.15, 0.2) is 0 Å². The highest BCUT2D eigenvalue weighted by Gasteiger charge is 2.13. The van der Waals surface area contributed by atoms with Gasteiger partial charge in [0.05, 0.1) is 0 Å². The van der Waals surface area contributed by atoms with Crippen LogP contribution in [0.4, 0.5) is 0 Å². The van der Waals surface area contributed by atoms with Crippen LogP contribution in [-0.4, -0.2) is 5.11 Å². The van der Waals surface area contributed by atoms with Gasteiger partial charge in [-0.3, -0.25) is 0 Å². The molecule has 5 rings (SSSR count). The van der Waals surface area contributed by atoms with Crippen LogP contribution < -0.4 is 4.74 Å². The number of ether oxygens (including phenoxy) is 1. The number of phenolic OH excluding ortho intramolecular Hbond substituents is 1. The number of aromatic hydroxyl groups is 1. The normalized spacial score (nSPS) is 11.2. The molecule has 5 aromatic carbocycles. The van der Waals surface area contributed by atoms with E-state index in [1.807, 2.05) is 30.3 Å². The molecule has 0 radical (unpaired) electrons. The molecule has 0 atom stereocenters. The van der Waals surface area contributed by atoms with Crippen molar-refractivity contribution in [3.05, 3.63) is 108 Å². The predicted molar refractivity (Wildman–Crippen MR) is 129 cm³/mol. The third-order valence-corrected chi connectivity index (χ3v) is 5.70. The van der Waals surface area contributed by atoms with Crippen molar-refractivity contribution in [3.63, 3.8) is 0 Å². The Hall–Kier alpha value is -3.78. The first-order valence-electron chi connectivity index (χ1n) is 10.5. The quantitative estimate of drug-likeness (QED) is 0.335. The molecule has 0 saturated carbocycles. The van der Waals surface area contributed by atoms with Gasteiger partial charge in [0.1, 0.15) is 18.1 Å². The third kappa shape index (κ3) is 3.85. The maximum atomic E-state index is 10.2. The van der Waals surface area contributed by atoms with Crippen LogP contribution >= 0.6 is 0 Å². The largest absolute Gasteiger partial charge is 0.508 e. The Morgan fingerprint density at radius 1 is 0.645 bits per heavy atom. The first kappa shape index (κ1) is 19.2. The van der Waals surface area contributed by atoms with Crippen LogP contribution in [-0.2, 0) is 6.61 Å². The van der Waals surface area contributed by atoms with E-state index in [2.05, 4.69) is 68.4 Å². The van der Waals surface area contributed by atoms with E-state index < -0.39 is 0 Å². The van der Waals surface area contributed by atoms with Crippen molar-refractivity contribution in [1.82, 2.24) is 0 Å². The average Bonchev–Trinajstić information content (AvgIpc) is 2.78. The number of fused-ring (bicyclic) bond motifs is 2. The molecule has 0 aliphatic heterocycles. The van der Waals surface area contributed by atoms with E-state index in [9.17, 15) is 5.11 Å². The molecule has 0 unspecified atom stereocenters. The lowest BCUT2D eigenvalue weighted by Crippen LogP contribution is -1.96. The average molecular weight is 405 g/mol. The zero-order valence-corrected chi connectivity index (χ0v) is 17.7. The molecule has 0 aliphatic carbocycles. The standard InChI is InChI=1S/C29H24O2/c1-19-8-9-23-15-25(31-18-21-6-4-3-5-7-21)17-29(26(23)13-19)28-14-20(2)12-22-10-11-24(30)16-27(22)28/h3-17,30H,18H2,1-2H3. The summed E-state index contributed by atoms with van der Waals surface area (Å²) in [7, 11) is 0. The number of phenols is 1. The predicted octanol–water partition coefficient (Wildman–Crippen LogP) is 7.56. The van der Waals surface area contributed by atoms with Crippen molar-refractivity contribution in [2.75, 3.05) is 0 Å². The van der Waals surface area contributed by atoms with E-state index in [1.165, 1.54) is 16.5 Å². The van der Waals surface area contributed by atoms with Crippen molar-refractivity contribution in [2.24, 2.45) is 0 Å². The molecule has 152 valence electrons. The minimum Gasteiger partial charge on any atom is -0.508 e. The summed E-state index contributed by atoms with van der Waals surface area (Å²) in [6.07, 6.45) is 0. The maximum absolute atomic E-state index is 10.2. The van der Waals surface area contributed by atoms with Crippen molar-refractivity contribution >= 4 is 21.5 Å². The van der Waals surface area contributed by atoms with Crippen LogP contribution in [0.3, 0.4) is 0 Å². The van der Waals surface area contributed by atoms with Crippen LogP contribution in [0.1, 0.15) is 16.7 Å². The van der Waals surface area contributed by atoms with E-state index >= 15 is 0 Å². The summed E-state index contributed by atoms with van der Waals surface area (Å²) in [6.45, 7) is 4.75. The molecule has 1 N–H and O–H groups in total. The van der Waals surface area contributed by atoms with Crippen LogP contribution in [0, 0.1) is 13.8 Å². The molecular formula is C29H24O2. The molecule has 0 amide bonds. The van der Waals surface area contributed by atoms with E-state index in [-0.39, 0.29) is 5.75 Å². The third-order valence-electron chi connectivity index (χ3n) is 5.70. The fourth-order valence-corrected chi connectivity index (χ4v) is 4.21. The molecular weight excluding hydrogens is 380 g/mol. The molecule has 2 nitrogen and oxygen atoms in total. The number of hydrogen-bond donors (Lipinski definition) is 1. The Kier molecular flexibility index (Phi) is 4.83. The molecule has 5 aromatic rings. The molecule has 0 saturated heterocycles. The van der Waals surface area contributed by atoms with Gasteiger partial charge in [-0.1, -0.05) is 72.3 Å². The topological polar surface area (TPSA) is 29.5 Å². The van der Waals surface area contributed by atoms with Gasteiger partial charge < -0.3 is 9.84 Å². The highest BCUT2D eigenvalue weighted by atomic mass is 16.5. The van der Waals surface area contributed by atoms with E-state index in [1.54, 1.807) is 6.07 Å². The van der Waals surface area contributed by atoms with Crippen molar-refractivity contribution in [2.45, 2.75) is 20.5 Å². The zero-order valence-electron chi connectivity index (χ0n) is 17.7. The summed E-state index contributed by atoms with van der Waals surface area (Å²) in [5.41, 5.74) is 5.75. The summed E-state index contributed by atoms with van der Waals surface area (Å²) >= 11 is 0. The highest BCUT2D eigenvalue weighted by molar-refractivity contribution is 6.06. The number of benzene rings is 5. The minimum atomic E-state index is 0.273. The zero-order chi connectivity index (χ0) is 21.4. The Balaban J connectivity index is 1.71. The van der Waals surface area contributed by atoms with Crippen LogP contribution in [0.15, 0.2) is 91.0 Å². The Morgan fingerprint density at radius 2 is 1.35 bits per heavy atom. The first-order chi connectivity index (χ1) is 15.1. The number of aryl methyl sites for hydroxylation is 2. The molecule has 31 heavy (non-hydrogen) atoms. The highest BCUT2D eigenvalue weighted by Crippen LogP contribution is 2.39. The molecule has 0 aliphatic rings. The van der Waals surface area contributed by atoms with Crippen molar-refractivity contribution < 1.29 is 9.84 Å².